The highest BCUT2D eigenvalue weighted by molar-refractivity contribution is 5.98. The van der Waals surface area contributed by atoms with Crippen LogP contribution in [0.25, 0.3) is 0 Å². The number of carbonyl (C=O) groups excluding carboxylic acids is 1. The van der Waals surface area contributed by atoms with Gasteiger partial charge in [-0.05, 0) is 12.8 Å². The number of allylic oxidation sites excluding steroid dienone is 4. The van der Waals surface area contributed by atoms with Crippen LogP contribution in [0.4, 0.5) is 0 Å². The molecule has 1 heteroatoms. The molecule has 0 atom stereocenters. The second-order valence-electron chi connectivity index (χ2n) is 3.18. The fraction of sp³-hybridized carbons (Fsp3) is 0.545. The molecule has 66 valence electrons. The Hall–Kier alpha value is -0.850. The van der Waals surface area contributed by atoms with Crippen molar-refractivity contribution in [3.05, 3.63) is 23.8 Å². The average Bonchev–Trinajstić information content (AvgIpc) is 2.56. The van der Waals surface area contributed by atoms with Crippen LogP contribution in [0.2, 0.25) is 0 Å². The van der Waals surface area contributed by atoms with Gasteiger partial charge in [0.25, 0.3) is 0 Å². The summed E-state index contributed by atoms with van der Waals surface area (Å²) in [6.07, 6.45) is 11.0. The summed E-state index contributed by atoms with van der Waals surface area (Å²) in [5, 5.41) is 0. The van der Waals surface area contributed by atoms with Crippen LogP contribution in [0.1, 0.15) is 39.0 Å². The second kappa shape index (κ2) is 4.91. The van der Waals surface area contributed by atoms with Crippen LogP contribution in [0.5, 0.6) is 0 Å². The minimum atomic E-state index is 0.317. The van der Waals surface area contributed by atoms with Gasteiger partial charge in [0.1, 0.15) is 0 Å². The molecule has 1 rings (SSSR count). The predicted octanol–water partition coefficient (Wildman–Crippen LogP) is 3.02. The highest BCUT2D eigenvalue weighted by Gasteiger charge is 2.07. The lowest BCUT2D eigenvalue weighted by Gasteiger charge is -1.97. The van der Waals surface area contributed by atoms with Gasteiger partial charge in [0, 0.05) is 12.0 Å². The van der Waals surface area contributed by atoms with Gasteiger partial charge in [-0.3, -0.25) is 4.79 Å². The third-order valence-electron chi connectivity index (χ3n) is 2.10. The summed E-state index contributed by atoms with van der Waals surface area (Å²) in [6, 6.07) is 0. The molecule has 0 amide bonds. The lowest BCUT2D eigenvalue weighted by molar-refractivity contribution is -0.115. The van der Waals surface area contributed by atoms with Gasteiger partial charge in [-0.2, -0.15) is 0 Å². The van der Waals surface area contributed by atoms with E-state index in [1.165, 1.54) is 12.8 Å². The first-order chi connectivity index (χ1) is 5.84. The van der Waals surface area contributed by atoms with E-state index >= 15 is 0 Å². The largest absolute Gasteiger partial charge is 0.294 e. The zero-order valence-electron chi connectivity index (χ0n) is 7.68. The van der Waals surface area contributed by atoms with Crippen LogP contribution in [0, 0.1) is 0 Å². The van der Waals surface area contributed by atoms with E-state index in [2.05, 4.69) is 6.92 Å². The summed E-state index contributed by atoms with van der Waals surface area (Å²) in [7, 11) is 0. The van der Waals surface area contributed by atoms with Crippen molar-refractivity contribution in [1.82, 2.24) is 0 Å². The summed E-state index contributed by atoms with van der Waals surface area (Å²) in [5.41, 5.74) is 0.922. The molecular formula is C11H16O. The highest BCUT2D eigenvalue weighted by atomic mass is 16.1. The molecular weight excluding hydrogens is 148 g/mol. The van der Waals surface area contributed by atoms with Crippen molar-refractivity contribution < 1.29 is 4.79 Å². The summed E-state index contributed by atoms with van der Waals surface area (Å²) in [6.45, 7) is 2.15. The molecule has 0 radical (unpaired) electrons. The Morgan fingerprint density at radius 2 is 2.33 bits per heavy atom. The van der Waals surface area contributed by atoms with Crippen molar-refractivity contribution in [1.29, 1.82) is 0 Å². The van der Waals surface area contributed by atoms with E-state index in [1.807, 2.05) is 18.2 Å². The molecule has 1 aliphatic carbocycles. The number of hydrogen-bond donors (Lipinski definition) is 0. The third-order valence-corrected chi connectivity index (χ3v) is 2.10. The fourth-order valence-electron chi connectivity index (χ4n) is 1.34. The smallest absolute Gasteiger partial charge is 0.162 e. The monoisotopic (exact) mass is 164 g/mol. The van der Waals surface area contributed by atoms with Crippen LogP contribution in [-0.4, -0.2) is 5.78 Å². The van der Waals surface area contributed by atoms with E-state index in [9.17, 15) is 4.79 Å². The molecule has 0 aromatic heterocycles. The normalized spacial score (nSPS) is 14.9. The first-order valence-electron chi connectivity index (χ1n) is 4.74. The number of carbonyl (C=O) groups is 1. The minimum absolute atomic E-state index is 0.317. The summed E-state index contributed by atoms with van der Waals surface area (Å²) >= 11 is 0. The molecule has 1 nitrogen and oxygen atoms in total. The number of ketones is 1. The van der Waals surface area contributed by atoms with E-state index in [1.54, 1.807) is 0 Å². The Bertz CT molecular complexity index is 211. The first kappa shape index (κ1) is 9.24. The maximum Gasteiger partial charge on any atom is 0.162 e. The quantitative estimate of drug-likeness (QED) is 0.571. The van der Waals surface area contributed by atoms with Crippen LogP contribution < -0.4 is 0 Å². The number of hydrogen-bond acceptors (Lipinski definition) is 1. The van der Waals surface area contributed by atoms with Gasteiger partial charge >= 0.3 is 0 Å². The Labute approximate surface area is 74.2 Å². The predicted molar refractivity (Wildman–Crippen MR) is 51.0 cm³/mol. The number of unbranched alkanes of at least 4 members (excludes halogenated alkanes) is 2. The van der Waals surface area contributed by atoms with Crippen molar-refractivity contribution in [2.24, 2.45) is 0 Å². The maximum atomic E-state index is 11.4. The Morgan fingerprint density at radius 3 is 2.92 bits per heavy atom. The summed E-state index contributed by atoms with van der Waals surface area (Å²) in [4.78, 5) is 11.4. The van der Waals surface area contributed by atoms with Crippen LogP contribution >= 0.6 is 0 Å². The first-order valence-corrected chi connectivity index (χ1v) is 4.74. The summed E-state index contributed by atoms with van der Waals surface area (Å²) in [5.74, 6) is 0.317. The van der Waals surface area contributed by atoms with Crippen LogP contribution in [0.15, 0.2) is 23.8 Å². The van der Waals surface area contributed by atoms with E-state index in [4.69, 9.17) is 0 Å². The van der Waals surface area contributed by atoms with Crippen LogP contribution in [-0.2, 0) is 4.79 Å². The van der Waals surface area contributed by atoms with Gasteiger partial charge in [0.2, 0.25) is 0 Å². The van der Waals surface area contributed by atoms with E-state index in [0.29, 0.717) is 5.78 Å². The molecule has 0 heterocycles. The molecule has 0 saturated heterocycles. The topological polar surface area (TPSA) is 17.1 Å². The summed E-state index contributed by atoms with van der Waals surface area (Å²) < 4.78 is 0. The van der Waals surface area contributed by atoms with Gasteiger partial charge in [-0.25, -0.2) is 0 Å². The molecule has 0 N–H and O–H groups in total. The van der Waals surface area contributed by atoms with E-state index < -0.39 is 0 Å². The molecule has 0 bridgehead atoms. The Balaban J connectivity index is 2.24. The number of Topliss-reactive ketones (excluding diaryl/α,β-unsaturated/α-hetero) is 1. The average molecular weight is 164 g/mol. The van der Waals surface area contributed by atoms with Crippen molar-refractivity contribution in [2.45, 2.75) is 39.0 Å². The Kier molecular flexibility index (Phi) is 3.78. The van der Waals surface area contributed by atoms with E-state index in [0.717, 1.165) is 24.8 Å². The molecule has 12 heavy (non-hydrogen) atoms. The van der Waals surface area contributed by atoms with E-state index in [-0.39, 0.29) is 0 Å². The molecule has 0 fully saturated rings. The minimum Gasteiger partial charge on any atom is -0.294 e. The standard InChI is InChI=1S/C11H16O/c1-2-3-4-9-11(12)10-7-5-6-8-10/h5,7-8H,2-4,6,9H2,1H3. The fourth-order valence-corrected chi connectivity index (χ4v) is 1.34. The van der Waals surface area contributed by atoms with Crippen molar-refractivity contribution in [3.8, 4) is 0 Å². The van der Waals surface area contributed by atoms with Crippen molar-refractivity contribution in [2.75, 3.05) is 0 Å². The lowest BCUT2D eigenvalue weighted by atomic mass is 10.1. The zero-order chi connectivity index (χ0) is 8.81. The third kappa shape index (κ3) is 2.65. The lowest BCUT2D eigenvalue weighted by Crippen LogP contribution is -1.98. The molecule has 0 saturated carbocycles. The molecule has 1 aliphatic rings. The molecule has 0 aromatic rings. The van der Waals surface area contributed by atoms with Crippen LogP contribution in [0.3, 0.4) is 0 Å². The SMILES string of the molecule is CCCCCC(=O)C1=CCC=C1. The van der Waals surface area contributed by atoms with Crippen molar-refractivity contribution in [3.63, 3.8) is 0 Å². The Morgan fingerprint density at radius 1 is 1.50 bits per heavy atom. The van der Waals surface area contributed by atoms with Gasteiger partial charge in [0.15, 0.2) is 5.78 Å². The molecule has 0 spiro atoms. The highest BCUT2D eigenvalue weighted by Crippen LogP contribution is 2.13. The zero-order valence-corrected chi connectivity index (χ0v) is 7.68. The van der Waals surface area contributed by atoms with Crippen molar-refractivity contribution >= 4 is 5.78 Å². The van der Waals surface area contributed by atoms with Gasteiger partial charge in [-0.1, -0.05) is 38.0 Å². The second-order valence-corrected chi connectivity index (χ2v) is 3.18. The van der Waals surface area contributed by atoms with Gasteiger partial charge in [-0.15, -0.1) is 0 Å². The molecule has 0 unspecified atom stereocenters. The van der Waals surface area contributed by atoms with Gasteiger partial charge in [0.05, 0.1) is 0 Å². The number of rotatable bonds is 5. The van der Waals surface area contributed by atoms with Gasteiger partial charge < -0.3 is 0 Å². The maximum absolute atomic E-state index is 11.4. The molecule has 0 aromatic carbocycles. The molecule has 0 aliphatic heterocycles.